The van der Waals surface area contributed by atoms with E-state index in [1.807, 2.05) is 38.1 Å². The van der Waals surface area contributed by atoms with Crippen LogP contribution in [0.4, 0.5) is 16.2 Å². The van der Waals surface area contributed by atoms with Crippen LogP contribution in [0.3, 0.4) is 0 Å². The number of hydrogen-bond acceptors (Lipinski definition) is 5. The largest absolute Gasteiger partial charge is 0.459 e. The van der Waals surface area contributed by atoms with E-state index in [-0.39, 0.29) is 12.1 Å². The zero-order valence-corrected chi connectivity index (χ0v) is 15.0. The third kappa shape index (κ3) is 3.24. The third-order valence-electron chi connectivity index (χ3n) is 4.64. The maximum atomic E-state index is 12.4. The Morgan fingerprint density at radius 2 is 2.11 bits per heavy atom. The minimum Gasteiger partial charge on any atom is -0.459 e. The summed E-state index contributed by atoms with van der Waals surface area (Å²) in [6.07, 6.45) is 0.507. The molecule has 2 aromatic carbocycles. The minimum atomic E-state index is -0.941. The molecule has 0 bridgehead atoms. The van der Waals surface area contributed by atoms with E-state index < -0.39 is 6.23 Å². The first-order valence-electron chi connectivity index (χ1n) is 8.68. The van der Waals surface area contributed by atoms with E-state index >= 15 is 0 Å². The predicted molar refractivity (Wildman–Crippen MR) is 105 cm³/mol. The van der Waals surface area contributed by atoms with Gasteiger partial charge in [0, 0.05) is 27.9 Å². The van der Waals surface area contributed by atoms with Gasteiger partial charge >= 0.3 is 6.03 Å². The van der Waals surface area contributed by atoms with E-state index in [1.54, 1.807) is 18.2 Å². The van der Waals surface area contributed by atoms with E-state index in [9.17, 15) is 9.90 Å². The highest BCUT2D eigenvalue weighted by atomic mass is 16.3. The van der Waals surface area contributed by atoms with Crippen LogP contribution in [-0.2, 0) is 0 Å². The molecule has 27 heavy (non-hydrogen) atoms. The van der Waals surface area contributed by atoms with Crippen LogP contribution < -0.4 is 16.0 Å². The first-order valence-corrected chi connectivity index (χ1v) is 8.68. The Morgan fingerprint density at radius 3 is 2.93 bits per heavy atom. The number of urea groups is 1. The van der Waals surface area contributed by atoms with Gasteiger partial charge in [-0.25, -0.2) is 9.79 Å². The summed E-state index contributed by atoms with van der Waals surface area (Å²) in [6, 6.07) is 12.4. The van der Waals surface area contributed by atoms with Gasteiger partial charge in [-0.1, -0.05) is 18.2 Å². The third-order valence-corrected chi connectivity index (χ3v) is 4.64. The Morgan fingerprint density at radius 1 is 1.30 bits per heavy atom. The Balaban J connectivity index is 1.48. The number of fused-ring (bicyclic) bond motifs is 2. The molecule has 0 fully saturated rings. The van der Waals surface area contributed by atoms with Crippen molar-refractivity contribution in [2.24, 2.45) is 4.99 Å². The number of furan rings is 1. The number of aliphatic imine (C=N–C) groups is 1. The summed E-state index contributed by atoms with van der Waals surface area (Å²) in [5.74, 6) is 0.728. The van der Waals surface area contributed by atoms with Crippen LogP contribution in [-0.4, -0.2) is 17.5 Å². The first-order chi connectivity index (χ1) is 13.0. The van der Waals surface area contributed by atoms with Gasteiger partial charge < -0.3 is 25.5 Å². The molecule has 138 valence electrons. The van der Waals surface area contributed by atoms with Crippen LogP contribution in [0.5, 0.6) is 0 Å². The van der Waals surface area contributed by atoms with Crippen molar-refractivity contribution in [3.05, 3.63) is 59.4 Å². The number of nitrogens with one attached hydrogen (secondary N) is 3. The maximum Gasteiger partial charge on any atom is 0.319 e. The number of hydrogen-bond donors (Lipinski definition) is 4. The van der Waals surface area contributed by atoms with Crippen molar-refractivity contribution < 1.29 is 14.3 Å². The number of para-hydroxylation sites is 1. The molecule has 2 atom stereocenters. The smallest absolute Gasteiger partial charge is 0.319 e. The van der Waals surface area contributed by atoms with Gasteiger partial charge in [-0.15, -0.1) is 0 Å². The highest BCUT2D eigenvalue weighted by Crippen LogP contribution is 2.30. The molecule has 0 saturated heterocycles. The van der Waals surface area contributed by atoms with Crippen LogP contribution in [0.1, 0.15) is 36.1 Å². The van der Waals surface area contributed by atoms with E-state index in [1.165, 1.54) is 6.34 Å². The summed E-state index contributed by atoms with van der Waals surface area (Å²) in [4.78, 5) is 16.3. The molecular formula is C20H20N4O3. The van der Waals surface area contributed by atoms with Crippen LogP contribution >= 0.6 is 0 Å². The standard InChI is InChI=1S/C20H20N4O3/c1-11-14-5-3-4-6-17(14)27-18(11)12(2)23-20(26)24-13-7-8-16-15(9-13)19(25)22-10-21-16/h3-10,12,19,25H,1-2H3,(H,21,22)(H2,23,24,26). The molecule has 0 spiro atoms. The number of anilines is 2. The summed E-state index contributed by atoms with van der Waals surface area (Å²) in [6.45, 7) is 3.86. The first kappa shape index (κ1) is 17.1. The van der Waals surface area contributed by atoms with E-state index in [0.717, 1.165) is 28.0 Å². The van der Waals surface area contributed by atoms with Crippen LogP contribution in [0.25, 0.3) is 11.0 Å². The van der Waals surface area contributed by atoms with Gasteiger partial charge in [0.15, 0.2) is 6.23 Å². The molecule has 0 aliphatic carbocycles. The summed E-state index contributed by atoms with van der Waals surface area (Å²) in [5, 5.41) is 19.6. The average molecular weight is 364 g/mol. The molecule has 2 unspecified atom stereocenters. The molecule has 1 aliphatic heterocycles. The van der Waals surface area contributed by atoms with Gasteiger partial charge in [-0.3, -0.25) is 0 Å². The van der Waals surface area contributed by atoms with Gasteiger partial charge in [0.25, 0.3) is 0 Å². The number of aryl methyl sites for hydroxylation is 1. The summed E-state index contributed by atoms with van der Waals surface area (Å²) < 4.78 is 5.90. The fourth-order valence-corrected chi connectivity index (χ4v) is 3.28. The minimum absolute atomic E-state index is 0.299. The monoisotopic (exact) mass is 364 g/mol. The molecule has 1 aliphatic rings. The van der Waals surface area contributed by atoms with E-state index in [2.05, 4.69) is 20.9 Å². The molecule has 2 heterocycles. The lowest BCUT2D eigenvalue weighted by Crippen LogP contribution is -2.31. The van der Waals surface area contributed by atoms with Gasteiger partial charge in [-0.05, 0) is 38.1 Å². The number of aliphatic hydroxyl groups is 1. The Hall–Kier alpha value is -3.32. The number of carbonyl (C=O) groups is 1. The zero-order valence-electron chi connectivity index (χ0n) is 15.0. The maximum absolute atomic E-state index is 12.4. The molecule has 0 radical (unpaired) electrons. The highest BCUT2D eigenvalue weighted by Gasteiger charge is 2.19. The number of nitrogens with zero attached hydrogens (tertiary/aromatic N) is 1. The molecule has 1 aromatic heterocycles. The van der Waals surface area contributed by atoms with Crippen molar-refractivity contribution in [3.63, 3.8) is 0 Å². The number of rotatable bonds is 3. The number of amides is 2. The fourth-order valence-electron chi connectivity index (χ4n) is 3.28. The quantitative estimate of drug-likeness (QED) is 0.563. The fraction of sp³-hybridized carbons (Fsp3) is 0.200. The lowest BCUT2D eigenvalue weighted by Gasteiger charge is -2.19. The van der Waals surface area contributed by atoms with Crippen molar-refractivity contribution in [3.8, 4) is 0 Å². The van der Waals surface area contributed by atoms with E-state index in [4.69, 9.17) is 4.42 Å². The van der Waals surface area contributed by atoms with Crippen molar-refractivity contribution in [1.82, 2.24) is 5.32 Å². The molecule has 7 heteroatoms. The van der Waals surface area contributed by atoms with E-state index in [0.29, 0.717) is 11.3 Å². The van der Waals surface area contributed by atoms with Gasteiger partial charge in [0.05, 0.1) is 12.4 Å². The van der Waals surface area contributed by atoms with Crippen molar-refractivity contribution in [1.29, 1.82) is 0 Å². The number of carbonyl (C=O) groups excluding carboxylic acids is 1. The van der Waals surface area contributed by atoms with Gasteiger partial charge in [0.1, 0.15) is 11.3 Å². The second kappa shape index (κ2) is 6.77. The Labute approximate surface area is 156 Å². The summed E-state index contributed by atoms with van der Waals surface area (Å²) in [5.41, 5.74) is 3.75. The summed E-state index contributed by atoms with van der Waals surface area (Å²) >= 11 is 0. The molecule has 3 aromatic rings. The Bertz CT molecular complexity index is 1040. The molecular weight excluding hydrogens is 344 g/mol. The van der Waals surface area contributed by atoms with Crippen LogP contribution in [0, 0.1) is 6.92 Å². The second-order valence-corrected chi connectivity index (χ2v) is 6.51. The molecule has 4 rings (SSSR count). The molecule has 7 nitrogen and oxygen atoms in total. The molecule has 4 N–H and O–H groups in total. The second-order valence-electron chi connectivity index (χ2n) is 6.51. The summed E-state index contributed by atoms with van der Waals surface area (Å²) in [7, 11) is 0. The van der Waals surface area contributed by atoms with Crippen LogP contribution in [0.2, 0.25) is 0 Å². The molecule has 2 amide bonds. The highest BCUT2D eigenvalue weighted by molar-refractivity contribution is 5.91. The zero-order chi connectivity index (χ0) is 19.0. The van der Waals surface area contributed by atoms with Crippen molar-refractivity contribution >= 4 is 34.7 Å². The normalized spacial score (nSPS) is 16.5. The molecule has 0 saturated carbocycles. The lowest BCUT2D eigenvalue weighted by atomic mass is 10.1. The predicted octanol–water partition coefficient (Wildman–Crippen LogP) is 4.07. The topological polar surface area (TPSA) is 98.9 Å². The number of benzene rings is 2. The lowest BCUT2D eigenvalue weighted by molar-refractivity contribution is 0.189. The SMILES string of the molecule is Cc1c(C(C)NC(=O)Nc2ccc3c(c2)C(O)N=CN3)oc2ccccc12. The number of aliphatic hydroxyl groups excluding tert-OH is 1. The van der Waals surface area contributed by atoms with Crippen molar-refractivity contribution in [2.45, 2.75) is 26.1 Å². The van der Waals surface area contributed by atoms with Gasteiger partial charge in [0.2, 0.25) is 0 Å². The van der Waals surface area contributed by atoms with Crippen molar-refractivity contribution in [2.75, 3.05) is 10.6 Å². The van der Waals surface area contributed by atoms with Crippen LogP contribution in [0.15, 0.2) is 51.9 Å². The van der Waals surface area contributed by atoms with Gasteiger partial charge in [-0.2, -0.15) is 0 Å². The Kier molecular flexibility index (Phi) is 4.29. The average Bonchev–Trinajstić information content (AvgIpc) is 2.99.